The number of aromatic nitrogens is 1. The predicted octanol–water partition coefficient (Wildman–Crippen LogP) is 5.30. The van der Waals surface area contributed by atoms with Gasteiger partial charge in [0.25, 0.3) is 5.91 Å². The molecule has 0 atom stereocenters. The number of aliphatic carboxylic acids is 1. The molecule has 3 rings (SSSR count). The van der Waals surface area contributed by atoms with Crippen molar-refractivity contribution in [1.29, 1.82) is 0 Å². The minimum absolute atomic E-state index is 0.326. The largest absolute Gasteiger partial charge is 0.480 e. The number of carbonyl (C=O) groups is 2. The fourth-order valence-corrected chi connectivity index (χ4v) is 4.18. The molecule has 9 heteroatoms. The molecule has 31 heavy (non-hydrogen) atoms. The summed E-state index contributed by atoms with van der Waals surface area (Å²) in [6.45, 7) is 3.11. The van der Waals surface area contributed by atoms with E-state index in [-0.39, 0.29) is 12.5 Å². The molecule has 0 fully saturated rings. The molecule has 3 aromatic rings. The number of anilines is 1. The maximum absolute atomic E-state index is 12.3. The highest BCUT2D eigenvalue weighted by Crippen LogP contribution is 2.32. The van der Waals surface area contributed by atoms with Crippen LogP contribution in [0.4, 0.5) is 5.13 Å². The van der Waals surface area contributed by atoms with E-state index in [1.807, 2.05) is 23.6 Å². The quantitative estimate of drug-likeness (QED) is 0.476. The maximum atomic E-state index is 12.3. The van der Waals surface area contributed by atoms with Gasteiger partial charge in [0.15, 0.2) is 5.13 Å². The van der Waals surface area contributed by atoms with Crippen molar-refractivity contribution in [2.45, 2.75) is 13.5 Å². The number of nitrogens with zero attached hydrogens (tertiary/aromatic N) is 3. The number of thiazole rings is 1. The number of carboxylic acid groups (broad SMARTS) is 1. The summed E-state index contributed by atoms with van der Waals surface area (Å²) in [5, 5.41) is 12.7. The van der Waals surface area contributed by atoms with E-state index < -0.39 is 5.97 Å². The van der Waals surface area contributed by atoms with Crippen molar-refractivity contribution in [2.24, 2.45) is 0 Å². The lowest BCUT2D eigenvalue weighted by molar-refractivity contribution is -0.137. The summed E-state index contributed by atoms with van der Waals surface area (Å²) >= 11 is 13.7. The average molecular weight is 478 g/mol. The standard InChI is InChI=1S/C22H21Cl2N3O3S/c1-3-27(22-25-19(13-31-22)16-8-9-17(23)18(24)10-16)11-14-4-6-15(7-5-14)21(30)26(2)12-20(28)29/h4-10,13H,3,11-12H2,1-2H3,(H,28,29). The van der Waals surface area contributed by atoms with Crippen molar-refractivity contribution in [2.75, 3.05) is 25.0 Å². The SMILES string of the molecule is CCN(Cc1ccc(C(=O)N(C)CC(=O)O)cc1)c1nc(-c2ccc(Cl)c(Cl)c2)cs1. The Morgan fingerprint density at radius 2 is 1.81 bits per heavy atom. The van der Waals surface area contributed by atoms with E-state index in [9.17, 15) is 9.59 Å². The zero-order valence-corrected chi connectivity index (χ0v) is 19.3. The molecule has 0 aliphatic rings. The Bertz CT molecular complexity index is 1090. The first kappa shape index (κ1) is 23.1. The lowest BCUT2D eigenvalue weighted by Crippen LogP contribution is -2.31. The number of amides is 1. The second-order valence-corrected chi connectivity index (χ2v) is 8.56. The predicted molar refractivity (Wildman–Crippen MR) is 125 cm³/mol. The maximum Gasteiger partial charge on any atom is 0.323 e. The molecule has 162 valence electrons. The number of benzene rings is 2. The molecule has 0 saturated carbocycles. The Balaban J connectivity index is 1.71. The van der Waals surface area contributed by atoms with E-state index in [1.54, 1.807) is 35.6 Å². The zero-order chi connectivity index (χ0) is 22.5. The van der Waals surface area contributed by atoms with Gasteiger partial charge in [-0.1, -0.05) is 41.4 Å². The fourth-order valence-electron chi connectivity index (χ4n) is 2.98. The molecule has 0 saturated heterocycles. The molecule has 0 unspecified atom stereocenters. The highest BCUT2D eigenvalue weighted by Gasteiger charge is 2.16. The molecule has 0 radical (unpaired) electrons. The first-order valence-corrected chi connectivity index (χ1v) is 11.1. The summed E-state index contributed by atoms with van der Waals surface area (Å²) in [5.41, 5.74) is 3.21. The Labute approximate surface area is 194 Å². The normalized spacial score (nSPS) is 10.7. The molecule has 0 spiro atoms. The summed E-state index contributed by atoms with van der Waals surface area (Å²) in [5.74, 6) is -1.37. The Kier molecular flexibility index (Phi) is 7.54. The van der Waals surface area contributed by atoms with Crippen LogP contribution in [-0.4, -0.2) is 47.0 Å². The highest BCUT2D eigenvalue weighted by atomic mass is 35.5. The van der Waals surface area contributed by atoms with Crippen LogP contribution in [0.1, 0.15) is 22.8 Å². The average Bonchev–Trinajstić information content (AvgIpc) is 3.23. The number of likely N-dealkylation sites (N-methyl/N-ethyl adjacent to an activating group) is 1. The first-order valence-electron chi connectivity index (χ1n) is 9.50. The van der Waals surface area contributed by atoms with Crippen molar-refractivity contribution >= 4 is 51.5 Å². The fraction of sp³-hybridized carbons (Fsp3) is 0.227. The van der Waals surface area contributed by atoms with Crippen molar-refractivity contribution in [3.63, 3.8) is 0 Å². The molecular formula is C22H21Cl2N3O3S. The number of carbonyl (C=O) groups excluding carboxylic acids is 1. The molecule has 1 aromatic heterocycles. The molecule has 0 aliphatic heterocycles. The van der Waals surface area contributed by atoms with Crippen molar-refractivity contribution in [3.05, 3.63) is 69.0 Å². The second kappa shape index (κ2) is 10.1. The third-order valence-corrected chi connectivity index (χ3v) is 6.29. The van der Waals surface area contributed by atoms with Gasteiger partial charge < -0.3 is 14.9 Å². The minimum Gasteiger partial charge on any atom is -0.480 e. The molecule has 0 bridgehead atoms. The van der Waals surface area contributed by atoms with E-state index >= 15 is 0 Å². The lowest BCUT2D eigenvalue weighted by Gasteiger charge is -2.20. The van der Waals surface area contributed by atoms with Crippen LogP contribution in [0.2, 0.25) is 10.0 Å². The van der Waals surface area contributed by atoms with Crippen molar-refractivity contribution in [3.8, 4) is 11.3 Å². The Hall–Kier alpha value is -2.61. The van der Waals surface area contributed by atoms with Gasteiger partial charge in [-0.15, -0.1) is 11.3 Å². The van der Waals surface area contributed by atoms with Gasteiger partial charge >= 0.3 is 5.97 Å². The van der Waals surface area contributed by atoms with Crippen LogP contribution in [0.15, 0.2) is 47.8 Å². The van der Waals surface area contributed by atoms with Gasteiger partial charge in [-0.2, -0.15) is 0 Å². The van der Waals surface area contributed by atoms with E-state index in [1.165, 1.54) is 11.9 Å². The van der Waals surface area contributed by atoms with Gasteiger partial charge in [-0.25, -0.2) is 4.98 Å². The van der Waals surface area contributed by atoms with Crippen LogP contribution in [0.5, 0.6) is 0 Å². The molecule has 6 nitrogen and oxygen atoms in total. The van der Waals surface area contributed by atoms with Gasteiger partial charge in [0.1, 0.15) is 6.54 Å². The summed E-state index contributed by atoms with van der Waals surface area (Å²) in [4.78, 5) is 31.2. The smallest absolute Gasteiger partial charge is 0.323 e. The second-order valence-electron chi connectivity index (χ2n) is 6.91. The van der Waals surface area contributed by atoms with Crippen LogP contribution in [-0.2, 0) is 11.3 Å². The molecule has 1 amide bonds. The molecule has 1 heterocycles. The van der Waals surface area contributed by atoms with Crippen LogP contribution in [0, 0.1) is 0 Å². The monoisotopic (exact) mass is 477 g/mol. The van der Waals surface area contributed by atoms with Gasteiger partial charge in [-0.3, -0.25) is 9.59 Å². The van der Waals surface area contributed by atoms with Crippen LogP contribution in [0.25, 0.3) is 11.3 Å². The van der Waals surface area contributed by atoms with Crippen molar-refractivity contribution in [1.82, 2.24) is 9.88 Å². The third kappa shape index (κ3) is 5.76. The van der Waals surface area contributed by atoms with E-state index in [0.717, 1.165) is 28.5 Å². The summed E-state index contributed by atoms with van der Waals surface area (Å²) < 4.78 is 0. The molecule has 1 N–H and O–H groups in total. The van der Waals surface area contributed by atoms with Gasteiger partial charge in [0, 0.05) is 36.6 Å². The van der Waals surface area contributed by atoms with Crippen LogP contribution >= 0.6 is 34.5 Å². The van der Waals surface area contributed by atoms with E-state index in [4.69, 9.17) is 33.3 Å². The number of hydrogen-bond donors (Lipinski definition) is 1. The van der Waals surface area contributed by atoms with Crippen LogP contribution in [0.3, 0.4) is 0 Å². The van der Waals surface area contributed by atoms with E-state index in [2.05, 4.69) is 11.8 Å². The van der Waals surface area contributed by atoms with Crippen molar-refractivity contribution < 1.29 is 14.7 Å². The number of carboxylic acids is 1. The minimum atomic E-state index is -1.05. The topological polar surface area (TPSA) is 73.7 Å². The molecular weight excluding hydrogens is 457 g/mol. The Morgan fingerprint density at radius 1 is 1.10 bits per heavy atom. The summed E-state index contributed by atoms with van der Waals surface area (Å²) in [6, 6.07) is 12.6. The summed E-state index contributed by atoms with van der Waals surface area (Å²) in [7, 11) is 1.47. The number of halogens is 2. The van der Waals surface area contributed by atoms with Gasteiger partial charge in [0.2, 0.25) is 0 Å². The Morgan fingerprint density at radius 3 is 2.42 bits per heavy atom. The number of hydrogen-bond acceptors (Lipinski definition) is 5. The first-order chi connectivity index (χ1) is 14.8. The highest BCUT2D eigenvalue weighted by molar-refractivity contribution is 7.14. The summed E-state index contributed by atoms with van der Waals surface area (Å²) in [6.07, 6.45) is 0. The third-order valence-electron chi connectivity index (χ3n) is 4.65. The van der Waals surface area contributed by atoms with E-state index in [0.29, 0.717) is 22.2 Å². The zero-order valence-electron chi connectivity index (χ0n) is 17.0. The number of rotatable bonds is 8. The lowest BCUT2D eigenvalue weighted by atomic mass is 10.1. The van der Waals surface area contributed by atoms with Gasteiger partial charge in [0.05, 0.1) is 15.7 Å². The molecule has 2 aromatic carbocycles. The van der Waals surface area contributed by atoms with Crippen LogP contribution < -0.4 is 4.90 Å². The van der Waals surface area contributed by atoms with Gasteiger partial charge in [-0.05, 0) is 36.8 Å². The molecule has 0 aliphatic carbocycles.